The molecule has 0 saturated carbocycles. The number of halogens is 2. The number of nitrogens with zero attached hydrogens (tertiary/aromatic N) is 1. The fourth-order valence-electron chi connectivity index (χ4n) is 8.60. The van der Waals surface area contributed by atoms with Gasteiger partial charge in [-0.2, -0.15) is 0 Å². The maximum Gasteiger partial charge on any atom is 0.410 e. The highest BCUT2D eigenvalue weighted by Crippen LogP contribution is 2.46. The number of amides is 4. The van der Waals surface area contributed by atoms with Gasteiger partial charge in [-0.3, -0.25) is 14.4 Å². The molecule has 0 aromatic heterocycles. The number of rotatable bonds is 10. The van der Waals surface area contributed by atoms with Crippen molar-refractivity contribution in [3.63, 3.8) is 0 Å². The first-order valence-electron chi connectivity index (χ1n) is 21.4. The van der Waals surface area contributed by atoms with Gasteiger partial charge < -0.3 is 40.2 Å². The van der Waals surface area contributed by atoms with Crippen molar-refractivity contribution in [1.82, 2.24) is 20.9 Å². The largest absolute Gasteiger partial charge is 0.489 e. The number of nitrogens with one attached hydrogen (secondary N) is 3. The number of benzene rings is 4. The third-order valence-electron chi connectivity index (χ3n) is 11.6. The Hall–Kier alpha value is -6.51. The van der Waals surface area contributed by atoms with E-state index in [0.29, 0.717) is 23.5 Å². The van der Waals surface area contributed by atoms with E-state index in [0.717, 1.165) is 27.2 Å². The maximum atomic E-state index is 14.9. The number of ether oxygens (including phenoxy) is 3. The SMILES string of the molecule is CNC(=O)c1cc(C(=O)NCCCC2CCN(C(=O)OC(C)(C)C)CC2(F)F)cc2c1O[C@@H](C)[C@@H]2c1ccccc1.CNC(=O)c1cc(C(=O)O)cc2c1O[C@@H](C)[C@@H]2c1ccccc1. The van der Waals surface area contributed by atoms with E-state index >= 15 is 0 Å². The second kappa shape index (κ2) is 19.5. The van der Waals surface area contributed by atoms with Crippen LogP contribution in [0.3, 0.4) is 0 Å². The molecule has 13 nitrogen and oxygen atoms in total. The Bertz CT molecular complexity index is 2370. The van der Waals surface area contributed by atoms with Crippen molar-refractivity contribution >= 4 is 29.8 Å². The normalized spacial score (nSPS) is 20.5. The molecule has 64 heavy (non-hydrogen) atoms. The molecule has 340 valence electrons. The van der Waals surface area contributed by atoms with E-state index in [-0.39, 0.29) is 78.5 Å². The van der Waals surface area contributed by atoms with E-state index in [9.17, 15) is 37.9 Å². The van der Waals surface area contributed by atoms with E-state index in [2.05, 4.69) is 16.0 Å². The summed E-state index contributed by atoms with van der Waals surface area (Å²) in [6.45, 7) is 8.65. The number of hydrogen-bond donors (Lipinski definition) is 4. The third-order valence-corrected chi connectivity index (χ3v) is 11.6. The number of carbonyl (C=O) groups excluding carboxylic acids is 4. The lowest BCUT2D eigenvalue weighted by atomic mass is 9.87. The summed E-state index contributed by atoms with van der Waals surface area (Å²) in [5.41, 5.74) is 3.70. The van der Waals surface area contributed by atoms with Gasteiger partial charge in [-0.25, -0.2) is 18.4 Å². The van der Waals surface area contributed by atoms with Crippen LogP contribution in [0.1, 0.15) is 129 Å². The second-order valence-corrected chi connectivity index (χ2v) is 17.3. The summed E-state index contributed by atoms with van der Waals surface area (Å²) in [5.74, 6) is -5.46. The molecule has 3 heterocycles. The van der Waals surface area contributed by atoms with E-state index in [1.165, 1.54) is 26.2 Å². The predicted octanol–water partition coefficient (Wildman–Crippen LogP) is 8.02. The maximum absolute atomic E-state index is 14.9. The number of fused-ring (bicyclic) bond motifs is 2. The number of carboxylic acids is 1. The number of carboxylic acid groups (broad SMARTS) is 1. The van der Waals surface area contributed by atoms with Crippen LogP contribution in [0, 0.1) is 5.92 Å². The van der Waals surface area contributed by atoms with Gasteiger partial charge in [0.15, 0.2) is 0 Å². The fourth-order valence-corrected chi connectivity index (χ4v) is 8.60. The monoisotopic (exact) mass is 882 g/mol. The van der Waals surface area contributed by atoms with Crippen LogP contribution in [0.25, 0.3) is 0 Å². The molecular formula is C49H56F2N4O9. The molecule has 1 fully saturated rings. The zero-order chi connectivity index (χ0) is 46.5. The number of aromatic carboxylic acids is 1. The number of carbonyl (C=O) groups is 5. The predicted molar refractivity (Wildman–Crippen MR) is 236 cm³/mol. The molecule has 4 aromatic rings. The van der Waals surface area contributed by atoms with Crippen LogP contribution < -0.4 is 25.4 Å². The van der Waals surface area contributed by atoms with Gasteiger partial charge in [0.05, 0.1) is 23.2 Å². The first kappa shape index (κ1) is 47.0. The lowest BCUT2D eigenvalue weighted by Crippen LogP contribution is -2.51. The molecule has 1 saturated heterocycles. The summed E-state index contributed by atoms with van der Waals surface area (Å²) in [6.07, 6.45) is -0.456. The summed E-state index contributed by atoms with van der Waals surface area (Å²) in [6, 6.07) is 25.7. The minimum Gasteiger partial charge on any atom is -0.489 e. The Morgan fingerprint density at radius 1 is 0.766 bits per heavy atom. The topological polar surface area (TPSA) is 173 Å². The molecule has 3 aliphatic heterocycles. The zero-order valence-corrected chi connectivity index (χ0v) is 37.1. The summed E-state index contributed by atoms with van der Waals surface area (Å²) in [5, 5.41) is 17.3. The van der Waals surface area contributed by atoms with Crippen molar-refractivity contribution in [2.24, 2.45) is 5.92 Å². The van der Waals surface area contributed by atoms with Gasteiger partial charge in [-0.05, 0) is 89.3 Å². The lowest BCUT2D eigenvalue weighted by Gasteiger charge is -2.38. The van der Waals surface area contributed by atoms with Crippen molar-refractivity contribution in [2.45, 2.75) is 89.4 Å². The van der Waals surface area contributed by atoms with E-state index in [1.54, 1.807) is 32.9 Å². The van der Waals surface area contributed by atoms with Crippen LogP contribution in [-0.4, -0.2) is 97.3 Å². The fraction of sp³-hybridized carbons (Fsp3) is 0.408. The highest BCUT2D eigenvalue weighted by atomic mass is 19.3. The molecule has 15 heteroatoms. The Kier molecular flexibility index (Phi) is 14.3. The molecule has 4 aromatic carbocycles. The molecule has 4 amide bonds. The van der Waals surface area contributed by atoms with Gasteiger partial charge in [0.2, 0.25) is 0 Å². The first-order chi connectivity index (χ1) is 30.3. The summed E-state index contributed by atoms with van der Waals surface area (Å²) < 4.78 is 47.0. The van der Waals surface area contributed by atoms with Crippen LogP contribution in [0.4, 0.5) is 13.6 Å². The van der Waals surface area contributed by atoms with Gasteiger partial charge in [0.1, 0.15) is 29.3 Å². The molecule has 7 rings (SSSR count). The summed E-state index contributed by atoms with van der Waals surface area (Å²) >= 11 is 0. The number of alkyl halides is 2. The Labute approximate surface area is 371 Å². The molecule has 1 unspecified atom stereocenters. The molecular weight excluding hydrogens is 827 g/mol. The van der Waals surface area contributed by atoms with Gasteiger partial charge in [-0.1, -0.05) is 60.7 Å². The Morgan fingerprint density at radius 3 is 1.70 bits per heavy atom. The van der Waals surface area contributed by atoms with Crippen molar-refractivity contribution < 1.29 is 52.1 Å². The Morgan fingerprint density at radius 2 is 1.25 bits per heavy atom. The van der Waals surface area contributed by atoms with Crippen molar-refractivity contribution in [2.75, 3.05) is 33.7 Å². The quantitative estimate of drug-likeness (QED) is 0.115. The zero-order valence-electron chi connectivity index (χ0n) is 37.1. The highest BCUT2D eigenvalue weighted by Gasteiger charge is 2.46. The van der Waals surface area contributed by atoms with Gasteiger partial charge in [0, 0.05) is 61.6 Å². The molecule has 0 spiro atoms. The first-order valence-corrected chi connectivity index (χ1v) is 21.4. The van der Waals surface area contributed by atoms with Crippen LogP contribution in [0.5, 0.6) is 11.5 Å². The van der Waals surface area contributed by atoms with Crippen molar-refractivity contribution in [3.05, 3.63) is 129 Å². The molecule has 0 radical (unpaired) electrons. The van der Waals surface area contributed by atoms with E-state index in [4.69, 9.17) is 14.2 Å². The summed E-state index contributed by atoms with van der Waals surface area (Å²) in [7, 11) is 3.03. The minimum absolute atomic E-state index is 0.0842. The third kappa shape index (κ3) is 10.5. The standard InChI is InChI=1S/C31H39F2N3O5.C18H17NO4/c1-19-25(20-10-7-6-8-11-20)23-16-21(17-24(26(23)40-19)28(38)34-5)27(37)35-14-9-12-22-13-15-36(18-31(22,32)33)29(39)41-30(2,3)4;1-10-15(11-6-4-3-5-7-11)13-8-12(18(21)22)9-14(16(13)23-10)17(20)19-2/h6-8,10-11,16-17,19,22,25H,9,12-15,18H2,1-5H3,(H,34,38)(H,35,37);3-10,15H,1-2H3,(H,19,20)(H,21,22)/t19-,22?,25+;10-,15+/m00/s1. The minimum atomic E-state index is -3.05. The Balaban J connectivity index is 0.000000249. The summed E-state index contributed by atoms with van der Waals surface area (Å²) in [4.78, 5) is 62.7. The van der Waals surface area contributed by atoms with Gasteiger partial charge in [0.25, 0.3) is 23.6 Å². The number of likely N-dealkylation sites (tertiary alicyclic amines) is 1. The van der Waals surface area contributed by atoms with Crippen LogP contribution in [0.15, 0.2) is 84.9 Å². The van der Waals surface area contributed by atoms with Gasteiger partial charge in [-0.15, -0.1) is 0 Å². The average Bonchev–Trinajstić information content (AvgIpc) is 3.78. The van der Waals surface area contributed by atoms with E-state index < -0.39 is 42.0 Å². The average molecular weight is 883 g/mol. The molecule has 0 aliphatic carbocycles. The number of piperidine rings is 1. The second-order valence-electron chi connectivity index (χ2n) is 17.3. The van der Waals surface area contributed by atoms with Crippen LogP contribution >= 0.6 is 0 Å². The molecule has 3 aliphatic rings. The van der Waals surface area contributed by atoms with Crippen molar-refractivity contribution in [3.8, 4) is 11.5 Å². The molecule has 4 N–H and O–H groups in total. The lowest BCUT2D eigenvalue weighted by molar-refractivity contribution is -0.112. The number of hydrogen-bond acceptors (Lipinski definition) is 8. The van der Waals surface area contributed by atoms with Crippen LogP contribution in [0.2, 0.25) is 0 Å². The molecule has 5 atom stereocenters. The van der Waals surface area contributed by atoms with E-state index in [1.807, 2.05) is 74.5 Å². The van der Waals surface area contributed by atoms with Crippen LogP contribution in [-0.2, 0) is 4.74 Å². The highest BCUT2D eigenvalue weighted by molar-refractivity contribution is 6.03. The molecule has 0 bridgehead atoms. The smallest absolute Gasteiger partial charge is 0.410 e. The van der Waals surface area contributed by atoms with Crippen molar-refractivity contribution in [1.29, 1.82) is 0 Å². The van der Waals surface area contributed by atoms with Gasteiger partial charge >= 0.3 is 12.1 Å².